The summed E-state index contributed by atoms with van der Waals surface area (Å²) >= 11 is 0. The molecule has 0 saturated heterocycles. The number of hydrogen-bond acceptors (Lipinski definition) is 3. The van der Waals surface area contributed by atoms with Crippen molar-refractivity contribution in [2.45, 2.75) is 18.9 Å². The number of hydrogen-bond donors (Lipinski definition) is 2. The van der Waals surface area contributed by atoms with Crippen molar-refractivity contribution in [3.63, 3.8) is 0 Å². The third-order valence-electron chi connectivity index (χ3n) is 2.39. The lowest BCUT2D eigenvalue weighted by Gasteiger charge is -2.07. The fourth-order valence-electron chi connectivity index (χ4n) is 1.40. The van der Waals surface area contributed by atoms with Gasteiger partial charge >= 0.3 is 5.97 Å². The van der Waals surface area contributed by atoms with Crippen molar-refractivity contribution in [2.75, 3.05) is 13.7 Å². The molecule has 0 aliphatic rings. The van der Waals surface area contributed by atoms with Crippen LogP contribution >= 0.6 is 0 Å². The molecule has 0 amide bonds. The molecule has 0 aromatic heterocycles. The molecule has 0 aliphatic carbocycles. The van der Waals surface area contributed by atoms with Crippen LogP contribution in [0.25, 0.3) is 0 Å². The van der Waals surface area contributed by atoms with Gasteiger partial charge in [0.15, 0.2) is 0 Å². The minimum Gasteiger partial charge on any atom is -0.480 e. The van der Waals surface area contributed by atoms with E-state index in [1.54, 1.807) is 7.11 Å². The van der Waals surface area contributed by atoms with Crippen molar-refractivity contribution in [3.8, 4) is 0 Å². The van der Waals surface area contributed by atoms with E-state index in [0.717, 1.165) is 12.0 Å². The van der Waals surface area contributed by atoms with Gasteiger partial charge in [-0.05, 0) is 24.0 Å². The maximum Gasteiger partial charge on any atom is 0.320 e. The summed E-state index contributed by atoms with van der Waals surface area (Å²) in [5.41, 5.74) is 7.56. The second-order valence-corrected chi connectivity index (χ2v) is 3.71. The summed E-state index contributed by atoms with van der Waals surface area (Å²) in [7, 11) is 1.67. The van der Waals surface area contributed by atoms with Gasteiger partial charge in [0, 0.05) is 7.11 Å². The molecule has 1 rings (SSSR count). The SMILES string of the molecule is COCCc1ccc(CC(N)C(=O)O)cc1. The highest BCUT2D eigenvalue weighted by Gasteiger charge is 2.11. The van der Waals surface area contributed by atoms with E-state index in [1.165, 1.54) is 5.56 Å². The predicted molar refractivity (Wildman–Crippen MR) is 61.3 cm³/mol. The monoisotopic (exact) mass is 223 g/mol. The van der Waals surface area contributed by atoms with E-state index in [1.807, 2.05) is 24.3 Å². The molecule has 4 nitrogen and oxygen atoms in total. The molecular formula is C12H17NO3. The summed E-state index contributed by atoms with van der Waals surface area (Å²) in [6.45, 7) is 0.688. The molecule has 0 aliphatic heterocycles. The van der Waals surface area contributed by atoms with E-state index >= 15 is 0 Å². The van der Waals surface area contributed by atoms with Gasteiger partial charge in [0.2, 0.25) is 0 Å². The van der Waals surface area contributed by atoms with Gasteiger partial charge in [-0.25, -0.2) is 0 Å². The van der Waals surface area contributed by atoms with E-state index in [9.17, 15) is 4.79 Å². The van der Waals surface area contributed by atoms with Crippen LogP contribution in [0.4, 0.5) is 0 Å². The maximum atomic E-state index is 10.6. The first-order chi connectivity index (χ1) is 7.63. The number of carboxylic acid groups (broad SMARTS) is 1. The molecule has 0 fully saturated rings. The zero-order chi connectivity index (χ0) is 12.0. The Hall–Kier alpha value is -1.39. The highest BCUT2D eigenvalue weighted by Crippen LogP contribution is 2.07. The van der Waals surface area contributed by atoms with Crippen molar-refractivity contribution in [1.82, 2.24) is 0 Å². The van der Waals surface area contributed by atoms with Crippen molar-refractivity contribution < 1.29 is 14.6 Å². The first-order valence-corrected chi connectivity index (χ1v) is 5.18. The van der Waals surface area contributed by atoms with E-state index < -0.39 is 12.0 Å². The Morgan fingerprint density at radius 1 is 1.38 bits per heavy atom. The lowest BCUT2D eigenvalue weighted by Crippen LogP contribution is -2.32. The summed E-state index contributed by atoms with van der Waals surface area (Å²) in [5.74, 6) is -0.969. The van der Waals surface area contributed by atoms with Gasteiger partial charge in [0.25, 0.3) is 0 Å². The Kier molecular flexibility index (Phi) is 4.95. The summed E-state index contributed by atoms with van der Waals surface area (Å²) in [5, 5.41) is 8.67. The zero-order valence-electron chi connectivity index (χ0n) is 9.35. The Labute approximate surface area is 95.0 Å². The molecule has 0 radical (unpaired) electrons. The van der Waals surface area contributed by atoms with Crippen molar-refractivity contribution in [3.05, 3.63) is 35.4 Å². The summed E-state index contributed by atoms with van der Waals surface area (Å²) < 4.78 is 4.97. The lowest BCUT2D eigenvalue weighted by molar-refractivity contribution is -0.138. The van der Waals surface area contributed by atoms with Crippen LogP contribution in [-0.2, 0) is 22.4 Å². The van der Waals surface area contributed by atoms with E-state index in [4.69, 9.17) is 15.6 Å². The van der Waals surface area contributed by atoms with Gasteiger partial charge in [0.05, 0.1) is 6.61 Å². The van der Waals surface area contributed by atoms with Gasteiger partial charge in [-0.15, -0.1) is 0 Å². The molecule has 1 unspecified atom stereocenters. The van der Waals surface area contributed by atoms with Crippen LogP contribution in [0, 0.1) is 0 Å². The molecule has 3 N–H and O–H groups in total. The number of aliphatic carboxylic acids is 1. The van der Waals surface area contributed by atoms with Crippen molar-refractivity contribution in [2.24, 2.45) is 5.73 Å². The number of ether oxygens (including phenoxy) is 1. The average Bonchev–Trinajstić information content (AvgIpc) is 2.28. The highest BCUT2D eigenvalue weighted by atomic mass is 16.5. The quantitative estimate of drug-likeness (QED) is 0.749. The van der Waals surface area contributed by atoms with Gasteiger partial charge in [0.1, 0.15) is 6.04 Å². The smallest absolute Gasteiger partial charge is 0.320 e. The van der Waals surface area contributed by atoms with Crippen molar-refractivity contribution in [1.29, 1.82) is 0 Å². The molecule has 88 valence electrons. The average molecular weight is 223 g/mol. The van der Waals surface area contributed by atoms with Crippen LogP contribution < -0.4 is 5.73 Å². The van der Waals surface area contributed by atoms with Crippen molar-refractivity contribution >= 4 is 5.97 Å². The molecule has 1 atom stereocenters. The number of carboxylic acids is 1. The van der Waals surface area contributed by atoms with Crippen LogP contribution in [-0.4, -0.2) is 30.8 Å². The fraction of sp³-hybridized carbons (Fsp3) is 0.417. The third kappa shape index (κ3) is 4.00. The number of benzene rings is 1. The van der Waals surface area contributed by atoms with Gasteiger partial charge in [-0.3, -0.25) is 4.79 Å². The molecule has 0 heterocycles. The van der Waals surface area contributed by atoms with E-state index in [2.05, 4.69) is 0 Å². The minimum atomic E-state index is -0.969. The Bertz CT molecular complexity index is 335. The van der Waals surface area contributed by atoms with E-state index in [-0.39, 0.29) is 0 Å². The summed E-state index contributed by atoms with van der Waals surface area (Å²) in [6, 6.07) is 6.94. The fourth-order valence-corrected chi connectivity index (χ4v) is 1.40. The first-order valence-electron chi connectivity index (χ1n) is 5.18. The molecule has 0 saturated carbocycles. The molecular weight excluding hydrogens is 206 g/mol. The Morgan fingerprint density at radius 3 is 2.44 bits per heavy atom. The highest BCUT2D eigenvalue weighted by molar-refractivity contribution is 5.73. The molecule has 0 bridgehead atoms. The summed E-state index contributed by atoms with van der Waals surface area (Å²) in [4.78, 5) is 10.6. The topological polar surface area (TPSA) is 72.5 Å². The zero-order valence-corrected chi connectivity index (χ0v) is 9.35. The second kappa shape index (κ2) is 6.25. The molecule has 16 heavy (non-hydrogen) atoms. The van der Waals surface area contributed by atoms with Crippen LogP contribution in [0.3, 0.4) is 0 Å². The predicted octanol–water partition coefficient (Wildman–Crippen LogP) is 0.830. The van der Waals surface area contributed by atoms with Crippen LogP contribution in [0.1, 0.15) is 11.1 Å². The molecule has 0 spiro atoms. The molecule has 4 heteroatoms. The number of methoxy groups -OCH3 is 1. The standard InChI is InChI=1S/C12H17NO3/c1-16-7-6-9-2-4-10(5-3-9)8-11(13)12(14)15/h2-5,11H,6-8,13H2,1H3,(H,14,15). The van der Waals surface area contributed by atoms with Crippen LogP contribution in [0.15, 0.2) is 24.3 Å². The largest absolute Gasteiger partial charge is 0.480 e. The number of carbonyl (C=O) groups is 1. The van der Waals surface area contributed by atoms with Gasteiger partial charge in [-0.1, -0.05) is 24.3 Å². The number of nitrogens with two attached hydrogens (primary N) is 1. The lowest BCUT2D eigenvalue weighted by atomic mass is 10.0. The minimum absolute atomic E-state index is 0.361. The Morgan fingerprint density at radius 2 is 1.94 bits per heavy atom. The van der Waals surface area contributed by atoms with Gasteiger partial charge in [-0.2, -0.15) is 0 Å². The Balaban J connectivity index is 2.54. The van der Waals surface area contributed by atoms with Crippen LogP contribution in [0.2, 0.25) is 0 Å². The summed E-state index contributed by atoms with van der Waals surface area (Å²) in [6.07, 6.45) is 1.22. The maximum absolute atomic E-state index is 10.6. The van der Waals surface area contributed by atoms with Crippen LogP contribution in [0.5, 0.6) is 0 Å². The first kappa shape index (κ1) is 12.7. The second-order valence-electron chi connectivity index (χ2n) is 3.71. The van der Waals surface area contributed by atoms with E-state index in [0.29, 0.717) is 13.0 Å². The normalized spacial score (nSPS) is 12.4. The third-order valence-corrected chi connectivity index (χ3v) is 2.39. The number of rotatable bonds is 6. The molecule has 1 aromatic rings. The molecule has 1 aromatic carbocycles. The van der Waals surface area contributed by atoms with Gasteiger partial charge < -0.3 is 15.6 Å².